The van der Waals surface area contributed by atoms with Gasteiger partial charge in [0.15, 0.2) is 0 Å². The maximum atomic E-state index is 12.9. The summed E-state index contributed by atoms with van der Waals surface area (Å²) >= 11 is 5.64. The van der Waals surface area contributed by atoms with Crippen LogP contribution in [0.3, 0.4) is 0 Å². The van der Waals surface area contributed by atoms with E-state index in [-0.39, 0.29) is 11.1 Å². The molecule has 0 amide bonds. The van der Waals surface area contributed by atoms with Crippen LogP contribution in [0.4, 0.5) is 4.39 Å². The second kappa shape index (κ2) is 3.19. The first-order valence-corrected chi connectivity index (χ1v) is 4.81. The number of nitrogens with two attached hydrogens (primary N) is 1. The van der Waals surface area contributed by atoms with Gasteiger partial charge in [-0.1, -0.05) is 17.7 Å². The Morgan fingerprint density at radius 2 is 2.14 bits per heavy atom. The van der Waals surface area contributed by atoms with Crippen LogP contribution < -0.4 is 5.73 Å². The molecule has 1 aliphatic rings. The van der Waals surface area contributed by atoms with Crippen molar-refractivity contribution in [2.45, 2.75) is 24.5 Å². The molecule has 1 aromatic carbocycles. The lowest BCUT2D eigenvalue weighted by molar-refractivity contribution is 0.0209. The van der Waals surface area contributed by atoms with Crippen molar-refractivity contribution in [3.63, 3.8) is 0 Å². The second-order valence-corrected chi connectivity index (χ2v) is 4.25. The quantitative estimate of drug-likeness (QED) is 0.750. The average Bonchev–Trinajstić information content (AvgIpc) is 2.07. The monoisotopic (exact) mass is 215 g/mol. The van der Waals surface area contributed by atoms with Crippen LogP contribution >= 0.6 is 11.6 Å². The molecule has 2 nitrogen and oxygen atoms in total. The Morgan fingerprint density at radius 3 is 2.64 bits per heavy atom. The molecule has 0 radical (unpaired) electrons. The third kappa shape index (κ3) is 1.52. The van der Waals surface area contributed by atoms with Crippen molar-refractivity contribution in [1.82, 2.24) is 0 Å². The van der Waals surface area contributed by atoms with Gasteiger partial charge in [-0.3, -0.25) is 0 Å². The fourth-order valence-corrected chi connectivity index (χ4v) is 2.00. The van der Waals surface area contributed by atoms with Crippen molar-refractivity contribution in [3.8, 4) is 0 Å². The van der Waals surface area contributed by atoms with Crippen LogP contribution in [-0.2, 0) is 5.54 Å². The van der Waals surface area contributed by atoms with E-state index in [1.807, 2.05) is 0 Å². The minimum absolute atomic E-state index is 0.0775. The highest BCUT2D eigenvalue weighted by Gasteiger charge is 2.41. The lowest BCUT2D eigenvalue weighted by Crippen LogP contribution is -2.51. The first-order valence-electron chi connectivity index (χ1n) is 4.44. The van der Waals surface area contributed by atoms with Crippen LogP contribution in [0.25, 0.3) is 0 Å². The minimum atomic E-state index is -0.531. The van der Waals surface area contributed by atoms with E-state index in [0.29, 0.717) is 12.8 Å². The molecule has 14 heavy (non-hydrogen) atoms. The number of hydrogen-bond acceptors (Lipinski definition) is 2. The summed E-state index contributed by atoms with van der Waals surface area (Å²) in [6, 6.07) is 4.45. The predicted octanol–water partition coefficient (Wildman–Crippen LogP) is 1.79. The molecule has 2 rings (SSSR count). The van der Waals surface area contributed by atoms with Gasteiger partial charge in [0.2, 0.25) is 0 Å². The van der Waals surface area contributed by atoms with E-state index in [4.69, 9.17) is 17.3 Å². The molecule has 0 spiro atoms. The van der Waals surface area contributed by atoms with Crippen LogP contribution in [0.1, 0.15) is 18.4 Å². The minimum Gasteiger partial charge on any atom is -0.393 e. The van der Waals surface area contributed by atoms with Gasteiger partial charge >= 0.3 is 0 Å². The summed E-state index contributed by atoms with van der Waals surface area (Å²) < 4.78 is 12.9. The van der Waals surface area contributed by atoms with Gasteiger partial charge < -0.3 is 10.8 Å². The third-order valence-corrected chi connectivity index (χ3v) is 2.98. The van der Waals surface area contributed by atoms with E-state index < -0.39 is 11.4 Å². The normalized spacial score (nSPS) is 31.3. The van der Waals surface area contributed by atoms with Crippen LogP contribution in [0.5, 0.6) is 0 Å². The molecule has 3 N–H and O–H groups in total. The number of benzene rings is 1. The SMILES string of the molecule is NC1(c2ccc(F)c(Cl)c2)CC(O)C1. The Kier molecular flexibility index (Phi) is 2.26. The van der Waals surface area contributed by atoms with Crippen LogP contribution in [0.2, 0.25) is 5.02 Å². The summed E-state index contributed by atoms with van der Waals surface area (Å²) in [4.78, 5) is 0. The molecule has 4 heteroatoms. The highest BCUT2D eigenvalue weighted by Crippen LogP contribution is 2.39. The number of hydrogen-bond donors (Lipinski definition) is 2. The molecular weight excluding hydrogens is 205 g/mol. The van der Waals surface area contributed by atoms with Crippen molar-refractivity contribution in [2.24, 2.45) is 5.73 Å². The van der Waals surface area contributed by atoms with E-state index in [1.54, 1.807) is 6.07 Å². The Morgan fingerprint density at radius 1 is 1.50 bits per heavy atom. The Labute approximate surface area is 86.5 Å². The van der Waals surface area contributed by atoms with Gasteiger partial charge in [0.25, 0.3) is 0 Å². The molecule has 1 saturated carbocycles. The smallest absolute Gasteiger partial charge is 0.141 e. The number of rotatable bonds is 1. The van der Waals surface area contributed by atoms with Gasteiger partial charge in [0.05, 0.1) is 11.1 Å². The van der Waals surface area contributed by atoms with E-state index in [2.05, 4.69) is 0 Å². The maximum absolute atomic E-state index is 12.9. The van der Waals surface area contributed by atoms with Crippen molar-refractivity contribution in [2.75, 3.05) is 0 Å². The molecule has 0 saturated heterocycles. The molecule has 0 bridgehead atoms. The third-order valence-electron chi connectivity index (χ3n) is 2.69. The summed E-state index contributed by atoms with van der Waals surface area (Å²) in [7, 11) is 0. The molecule has 0 unspecified atom stereocenters. The fourth-order valence-electron chi connectivity index (χ4n) is 1.82. The van der Waals surface area contributed by atoms with Gasteiger partial charge in [0.1, 0.15) is 5.82 Å². The zero-order chi connectivity index (χ0) is 10.3. The lowest BCUT2D eigenvalue weighted by Gasteiger charge is -2.42. The van der Waals surface area contributed by atoms with E-state index in [1.165, 1.54) is 12.1 Å². The van der Waals surface area contributed by atoms with Crippen LogP contribution in [0, 0.1) is 5.82 Å². The van der Waals surface area contributed by atoms with Gasteiger partial charge in [-0.25, -0.2) is 4.39 Å². The number of aliphatic hydroxyl groups excluding tert-OH is 1. The van der Waals surface area contributed by atoms with Crippen molar-refractivity contribution in [1.29, 1.82) is 0 Å². The topological polar surface area (TPSA) is 46.2 Å². The van der Waals surface area contributed by atoms with Crippen LogP contribution in [0.15, 0.2) is 18.2 Å². The molecule has 0 heterocycles. The summed E-state index contributed by atoms with van der Waals surface area (Å²) in [5, 5.41) is 9.26. The Bertz CT molecular complexity index is 363. The molecule has 1 fully saturated rings. The highest BCUT2D eigenvalue weighted by atomic mass is 35.5. The lowest BCUT2D eigenvalue weighted by atomic mass is 9.71. The molecule has 1 aromatic rings. The number of halogens is 2. The molecule has 0 atom stereocenters. The van der Waals surface area contributed by atoms with Crippen LogP contribution in [-0.4, -0.2) is 11.2 Å². The van der Waals surface area contributed by atoms with Gasteiger partial charge in [0, 0.05) is 5.54 Å². The predicted molar refractivity (Wildman–Crippen MR) is 52.5 cm³/mol. The molecule has 0 aliphatic heterocycles. The van der Waals surface area contributed by atoms with E-state index in [0.717, 1.165) is 5.56 Å². The van der Waals surface area contributed by atoms with E-state index >= 15 is 0 Å². The molecular formula is C10H11ClFNO. The summed E-state index contributed by atoms with van der Waals surface area (Å²) in [5.41, 5.74) is 6.25. The first kappa shape index (κ1) is 9.90. The maximum Gasteiger partial charge on any atom is 0.141 e. The second-order valence-electron chi connectivity index (χ2n) is 3.85. The van der Waals surface area contributed by atoms with Crippen molar-refractivity contribution >= 4 is 11.6 Å². The molecule has 1 aliphatic carbocycles. The Hall–Kier alpha value is -0.640. The summed E-state index contributed by atoms with van der Waals surface area (Å²) in [5.74, 6) is -0.445. The number of aliphatic hydroxyl groups is 1. The van der Waals surface area contributed by atoms with Gasteiger partial charge in [-0.05, 0) is 30.5 Å². The van der Waals surface area contributed by atoms with Crippen molar-refractivity contribution in [3.05, 3.63) is 34.6 Å². The zero-order valence-corrected chi connectivity index (χ0v) is 8.26. The molecule has 76 valence electrons. The summed E-state index contributed by atoms with van der Waals surface area (Å²) in [6.45, 7) is 0. The van der Waals surface area contributed by atoms with Crippen molar-refractivity contribution < 1.29 is 9.50 Å². The average molecular weight is 216 g/mol. The zero-order valence-electron chi connectivity index (χ0n) is 7.50. The fraction of sp³-hybridized carbons (Fsp3) is 0.400. The van der Waals surface area contributed by atoms with E-state index in [9.17, 15) is 9.50 Å². The standard InChI is InChI=1S/C10H11ClFNO/c11-8-3-6(1-2-9(8)12)10(13)4-7(14)5-10/h1-3,7,14H,4-5,13H2. The largest absolute Gasteiger partial charge is 0.393 e. The van der Waals surface area contributed by atoms with Gasteiger partial charge in [-0.2, -0.15) is 0 Å². The summed E-state index contributed by atoms with van der Waals surface area (Å²) in [6.07, 6.45) is 0.674. The first-order chi connectivity index (χ1) is 6.51. The van der Waals surface area contributed by atoms with Gasteiger partial charge in [-0.15, -0.1) is 0 Å². The highest BCUT2D eigenvalue weighted by molar-refractivity contribution is 6.30. The molecule has 0 aromatic heterocycles. The Balaban J connectivity index is 2.29.